The molecule has 1 aromatic rings. The second-order valence-corrected chi connectivity index (χ2v) is 34.8. The van der Waals surface area contributed by atoms with Crippen LogP contribution in [-0.2, 0) is 114 Å². The number of amides is 8. The lowest BCUT2D eigenvalue weighted by molar-refractivity contribution is -0.134. The van der Waals surface area contributed by atoms with Crippen LogP contribution in [0.5, 0.6) is 0 Å². The molecule has 0 radical (unpaired) electrons. The van der Waals surface area contributed by atoms with Crippen LogP contribution >= 0.6 is 0 Å². The van der Waals surface area contributed by atoms with E-state index < -0.39 is 241 Å². The number of nitrogens with one attached hydrogen (secondary N) is 7. The zero-order chi connectivity index (χ0) is 110. The van der Waals surface area contributed by atoms with E-state index in [1.165, 1.54) is 33.8 Å². The standard InChI is InChI=1S/C93H171N11O45/c1-62(2)81(93(133)97-63(3)90(130)98-65-10-8-64(94)9-11-65)101-92(132)66(99-76(117)7-5-4-6-18-104-79(120)14-15-80(104)121)12-13-77(118)100-67(91(131)96-17-22-135-26-30-139-34-38-143-42-46-147-50-52-149-48-44-145-40-36-141-32-28-137-24-20-103(56-70(111)84(124)88(128)74(115)60-107)57-71(112)85(125)89(129)75(116)61-108)53-78(119)95-16-21-134-25-29-138-33-37-142-41-45-146-49-51-148-47-43-144-39-35-140-31-27-136-23-19-102(54-68(109)82(122)86(126)72(113)58-105)55-69(110)83(123)87(127)73(114)59-106/h8-11,14-15,62-63,66-75,79,81-89,105-116,120,122-129H,4-7,12-13,16-61,94H2,1-3H3,(H,95,119)(H,96,131)(H,97,133)(H,98,130)(H,99,117)(H,100,118)(H,101,132)/t63-,66-,67-,68-,69-,70-,71-,72+,73+,74+,75+,79?,81-,82+,83+,84+,85+,86+,87+,88+,89+/m0/s1. The van der Waals surface area contributed by atoms with Gasteiger partial charge in [0.25, 0.3) is 0 Å². The van der Waals surface area contributed by atoms with Crippen molar-refractivity contribution in [2.45, 2.75) is 194 Å². The number of ether oxygens (including phenoxy) is 16. The lowest BCUT2D eigenvalue weighted by atomic mass is 10.0. The van der Waals surface area contributed by atoms with Crippen molar-refractivity contribution in [3.05, 3.63) is 36.4 Å². The van der Waals surface area contributed by atoms with Crippen LogP contribution in [-0.4, -0.2) is 594 Å². The van der Waals surface area contributed by atoms with Gasteiger partial charge in [0, 0.05) is 89.2 Å². The number of rotatable bonds is 99. The van der Waals surface area contributed by atoms with Crippen molar-refractivity contribution in [1.82, 2.24) is 46.6 Å². The van der Waals surface area contributed by atoms with Crippen molar-refractivity contribution in [2.24, 2.45) is 5.92 Å². The number of nitrogens with zero attached hydrogens (tertiary/aromatic N) is 3. The predicted molar refractivity (Wildman–Crippen MR) is 523 cm³/mol. The SMILES string of the molecule is CC(C)[C@H](NC(=O)[C@H](CCC(=O)N[C@@H](CC(=O)NCCOCCOCCOCCOCCOCCOCCOCCOCCN(C[C@H](O)[C@@H](O)[C@H](O)[C@H](O)CO)C[C@H](O)[C@@H](O)[C@H](O)[C@H](O)CO)C(=O)NCCOCCOCCOCCOCCOCCOCCOCCOCCN(C[C@H](O)[C@@H](O)[C@H](O)[C@H](O)CO)C[C@H](O)[C@@H](O)[C@H](O)[C@H](O)CO)NC(=O)CCCCCN1C(=O)C=CC1O)C(=O)N[C@@H](C)C(=O)Nc1ccc(N)cc1. The molecule has 1 aromatic carbocycles. The summed E-state index contributed by atoms with van der Waals surface area (Å²) < 4.78 is 88.9. The number of hydrogen-bond donors (Lipinski definition) is 29. The Morgan fingerprint density at radius 3 is 0.980 bits per heavy atom. The summed E-state index contributed by atoms with van der Waals surface area (Å²) in [6, 6.07) is 1.01. The molecule has 0 saturated heterocycles. The monoisotopic (exact) mass is 2160 g/mol. The van der Waals surface area contributed by atoms with Gasteiger partial charge in [0.1, 0.15) is 104 Å². The molecule has 868 valence electrons. The maximum Gasteiger partial charge on any atom is 0.248 e. The fraction of sp³-hybridized carbons (Fsp3) is 0.828. The van der Waals surface area contributed by atoms with E-state index in [0.29, 0.717) is 43.9 Å². The zero-order valence-corrected chi connectivity index (χ0v) is 85.5. The van der Waals surface area contributed by atoms with E-state index >= 15 is 0 Å². The van der Waals surface area contributed by atoms with Gasteiger partial charge in [-0.2, -0.15) is 0 Å². The molecule has 0 saturated carbocycles. The number of carbonyl (C=O) groups excluding carboxylic acids is 8. The Balaban J connectivity index is 1.84. The Morgan fingerprint density at radius 2 is 0.658 bits per heavy atom. The van der Waals surface area contributed by atoms with E-state index in [-0.39, 0.29) is 250 Å². The van der Waals surface area contributed by atoms with Crippen LogP contribution in [0.4, 0.5) is 11.4 Å². The van der Waals surface area contributed by atoms with E-state index in [2.05, 4.69) is 37.2 Å². The molecular formula is C93H171N11O45. The van der Waals surface area contributed by atoms with Crippen LogP contribution in [0.15, 0.2) is 36.4 Å². The normalized spacial score (nSPS) is 17.0. The molecule has 1 unspecified atom stereocenters. The van der Waals surface area contributed by atoms with Gasteiger partial charge in [0.2, 0.25) is 47.3 Å². The van der Waals surface area contributed by atoms with E-state index in [1.807, 2.05) is 0 Å². The van der Waals surface area contributed by atoms with Crippen molar-refractivity contribution >= 4 is 58.6 Å². The number of aliphatic hydroxyl groups is 21. The molecule has 0 bridgehead atoms. The number of nitrogen functional groups attached to an aromatic ring is 1. The van der Waals surface area contributed by atoms with E-state index in [1.54, 1.807) is 38.1 Å². The number of unbranched alkanes of at least 4 members (excludes halogenated alkanes) is 2. The van der Waals surface area contributed by atoms with Crippen molar-refractivity contribution < 1.29 is 221 Å². The highest BCUT2D eigenvalue weighted by molar-refractivity contribution is 5.99. The predicted octanol–water partition coefficient (Wildman–Crippen LogP) is -13.9. The minimum atomic E-state index is -1.93. The van der Waals surface area contributed by atoms with Crippen molar-refractivity contribution in [3.8, 4) is 0 Å². The van der Waals surface area contributed by atoms with Gasteiger partial charge in [-0.05, 0) is 62.4 Å². The summed E-state index contributed by atoms with van der Waals surface area (Å²) in [5.74, 6) is -5.95. The third-order valence-corrected chi connectivity index (χ3v) is 22.4. The van der Waals surface area contributed by atoms with Crippen LogP contribution < -0.4 is 43.0 Å². The van der Waals surface area contributed by atoms with E-state index in [4.69, 9.17) is 102 Å². The average molecular weight is 2160 g/mol. The molecule has 0 aliphatic carbocycles. The summed E-state index contributed by atoms with van der Waals surface area (Å²) in [5, 5.41) is 227. The molecular weight excluding hydrogens is 1990 g/mol. The van der Waals surface area contributed by atoms with Gasteiger partial charge in [-0.25, -0.2) is 0 Å². The number of anilines is 2. The first kappa shape index (κ1) is 138. The van der Waals surface area contributed by atoms with Crippen LogP contribution in [0.2, 0.25) is 0 Å². The summed E-state index contributed by atoms with van der Waals surface area (Å²) >= 11 is 0. The summed E-state index contributed by atoms with van der Waals surface area (Å²) in [7, 11) is 0. The second-order valence-electron chi connectivity index (χ2n) is 34.8. The molecule has 0 spiro atoms. The van der Waals surface area contributed by atoms with Crippen LogP contribution in [0.25, 0.3) is 0 Å². The number of hydrogen-bond acceptors (Lipinski definition) is 48. The lowest BCUT2D eigenvalue weighted by Crippen LogP contribution is -2.57. The number of benzene rings is 1. The Morgan fingerprint density at radius 1 is 0.349 bits per heavy atom. The maximum atomic E-state index is 14.3. The third-order valence-electron chi connectivity index (χ3n) is 22.4. The van der Waals surface area contributed by atoms with Gasteiger partial charge in [0.05, 0.1) is 269 Å². The lowest BCUT2D eigenvalue weighted by Gasteiger charge is -2.33. The molecule has 1 aliphatic rings. The minimum Gasteiger partial charge on any atom is -0.399 e. The van der Waals surface area contributed by atoms with Crippen LogP contribution in [0, 0.1) is 5.92 Å². The van der Waals surface area contributed by atoms with Crippen LogP contribution in [0.1, 0.15) is 65.7 Å². The molecule has 56 nitrogen and oxygen atoms in total. The van der Waals surface area contributed by atoms with Gasteiger partial charge in [-0.1, -0.05) is 20.3 Å². The quantitative estimate of drug-likeness (QED) is 0.0213. The second kappa shape index (κ2) is 86.2. The van der Waals surface area contributed by atoms with Crippen molar-refractivity contribution in [2.75, 3.05) is 308 Å². The highest BCUT2D eigenvalue weighted by atomic mass is 16.6. The summed E-state index contributed by atoms with van der Waals surface area (Å²) in [4.78, 5) is 112. The van der Waals surface area contributed by atoms with Crippen molar-refractivity contribution in [1.29, 1.82) is 0 Å². The van der Waals surface area contributed by atoms with Gasteiger partial charge in [-0.3, -0.25) is 48.2 Å². The maximum absolute atomic E-state index is 14.3. The summed E-state index contributed by atoms with van der Waals surface area (Å²) in [5.41, 5.74) is 6.65. The molecule has 149 heavy (non-hydrogen) atoms. The average Bonchev–Trinajstić information content (AvgIpc) is 1.71. The third kappa shape index (κ3) is 64.8. The molecule has 1 aliphatic heterocycles. The minimum absolute atomic E-state index is 0.00944. The molecule has 56 heteroatoms. The smallest absolute Gasteiger partial charge is 0.248 e. The molecule has 0 fully saturated rings. The highest BCUT2D eigenvalue weighted by Gasteiger charge is 2.39. The van der Waals surface area contributed by atoms with E-state index in [0.717, 1.165) is 0 Å². The first-order valence-corrected chi connectivity index (χ1v) is 50.0. The molecule has 2 rings (SSSR count). The van der Waals surface area contributed by atoms with Gasteiger partial charge in [0.15, 0.2) is 0 Å². The Labute approximate surface area is 867 Å². The molecule has 21 atom stereocenters. The Bertz CT molecular complexity index is 3560. The highest BCUT2D eigenvalue weighted by Crippen LogP contribution is 2.18. The first-order chi connectivity index (χ1) is 71.4. The Kier molecular flexibility index (Phi) is 79.9. The molecule has 1 heterocycles. The van der Waals surface area contributed by atoms with E-state index in [9.17, 15) is 125 Å². The molecule has 0 aromatic heterocycles. The molecule has 8 amide bonds. The van der Waals surface area contributed by atoms with Gasteiger partial charge in [-0.15, -0.1) is 0 Å². The first-order valence-electron chi connectivity index (χ1n) is 50.0. The number of carbonyl (C=O) groups is 8. The fourth-order valence-corrected chi connectivity index (χ4v) is 13.6. The summed E-state index contributed by atoms with van der Waals surface area (Å²) in [6.45, 7) is 5.75. The number of aliphatic hydroxyl groups excluding tert-OH is 21. The topological polar surface area (TPSA) is 829 Å². The van der Waals surface area contributed by atoms with Crippen molar-refractivity contribution in [3.63, 3.8) is 0 Å². The van der Waals surface area contributed by atoms with Crippen LogP contribution in [0.3, 0.4) is 0 Å². The summed E-state index contributed by atoms with van der Waals surface area (Å²) in [6.07, 6.45) is -28.2. The molecule has 30 N–H and O–H groups in total. The largest absolute Gasteiger partial charge is 0.399 e. The van der Waals surface area contributed by atoms with Gasteiger partial charge < -0.3 is 231 Å². The Hall–Kier alpha value is -7.04. The number of nitrogens with two attached hydrogens (primary N) is 1. The fourth-order valence-electron chi connectivity index (χ4n) is 13.6. The van der Waals surface area contributed by atoms with Gasteiger partial charge >= 0.3 is 0 Å². The zero-order valence-electron chi connectivity index (χ0n) is 85.5.